The zero-order chi connectivity index (χ0) is 12.8. The van der Waals surface area contributed by atoms with E-state index in [0.717, 1.165) is 10.9 Å². The van der Waals surface area contributed by atoms with Crippen molar-refractivity contribution in [2.75, 3.05) is 0 Å². The molecule has 0 atom stereocenters. The maximum atomic E-state index is 4.64. The van der Waals surface area contributed by atoms with Gasteiger partial charge in [-0.1, -0.05) is 43.3 Å². The summed E-state index contributed by atoms with van der Waals surface area (Å²) in [7, 11) is 0. The summed E-state index contributed by atoms with van der Waals surface area (Å²) in [6, 6.07) is 20.3. The van der Waals surface area contributed by atoms with E-state index in [1.54, 1.807) is 0 Å². The molecule has 0 bridgehead atoms. The molecule has 0 saturated heterocycles. The van der Waals surface area contributed by atoms with Crippen molar-refractivity contribution in [2.24, 2.45) is 0 Å². The number of aryl methyl sites for hydroxylation is 1. The predicted molar refractivity (Wildman–Crippen MR) is 80.3 cm³/mol. The molecule has 0 saturated carbocycles. The maximum Gasteiger partial charge on any atom is 0.0239 e. The van der Waals surface area contributed by atoms with E-state index in [1.165, 1.54) is 27.1 Å². The molecule has 1 aromatic heterocycles. The van der Waals surface area contributed by atoms with Crippen LogP contribution in [-0.2, 0) is 20.1 Å². The minimum atomic E-state index is 0. The van der Waals surface area contributed by atoms with Gasteiger partial charge >= 0.3 is 0 Å². The molecule has 1 nitrogen and oxygen atoms in total. The van der Waals surface area contributed by atoms with Gasteiger partial charge in [0.2, 0.25) is 0 Å². The van der Waals surface area contributed by atoms with Gasteiger partial charge in [0.25, 0.3) is 0 Å². The molecule has 0 amide bonds. The molecule has 2 heteroatoms. The average molecular weight is 435 g/mol. The van der Waals surface area contributed by atoms with E-state index >= 15 is 0 Å². The number of nitrogens with zero attached hydrogens (tertiary/aromatic N) is 1. The Bertz CT molecular complexity index is 928. The summed E-state index contributed by atoms with van der Waals surface area (Å²) < 4.78 is 0. The molecular formula is C18H12IrN-. The van der Waals surface area contributed by atoms with Crippen LogP contribution in [0, 0.1) is 13.0 Å². The van der Waals surface area contributed by atoms with Gasteiger partial charge in [0.1, 0.15) is 0 Å². The minimum absolute atomic E-state index is 0. The van der Waals surface area contributed by atoms with Crippen molar-refractivity contribution < 1.29 is 20.1 Å². The van der Waals surface area contributed by atoms with Crippen LogP contribution in [0.25, 0.3) is 32.4 Å². The molecule has 1 heterocycles. The van der Waals surface area contributed by atoms with Crippen molar-refractivity contribution in [3.63, 3.8) is 0 Å². The van der Waals surface area contributed by atoms with Crippen LogP contribution in [0.2, 0.25) is 0 Å². The molecule has 20 heavy (non-hydrogen) atoms. The molecule has 0 N–H and O–H groups in total. The van der Waals surface area contributed by atoms with E-state index in [-0.39, 0.29) is 20.1 Å². The average Bonchev–Trinajstić information content (AvgIpc) is 2.46. The standard InChI is InChI=1S/C18H12N.Ir/c1-12-6-8-16-13(10-12)7-9-17-15-5-3-2-4-14(15)11-19-18(16)17;/h2-7,9-11H,1H3;/q-1;. The summed E-state index contributed by atoms with van der Waals surface area (Å²) in [6.45, 7) is 2.09. The number of rotatable bonds is 0. The van der Waals surface area contributed by atoms with Crippen LogP contribution >= 0.6 is 0 Å². The predicted octanol–water partition coefficient (Wildman–Crippen LogP) is 4.65. The second kappa shape index (κ2) is 4.97. The molecule has 4 aromatic rings. The number of fused-ring (bicyclic) bond motifs is 5. The summed E-state index contributed by atoms with van der Waals surface area (Å²) in [5.74, 6) is 0. The first-order valence-electron chi connectivity index (χ1n) is 6.41. The normalized spacial score (nSPS) is 10.8. The Morgan fingerprint density at radius 2 is 1.80 bits per heavy atom. The summed E-state index contributed by atoms with van der Waals surface area (Å²) >= 11 is 0. The first-order chi connectivity index (χ1) is 9.33. The van der Waals surface area contributed by atoms with E-state index in [1.807, 2.05) is 18.3 Å². The van der Waals surface area contributed by atoms with Gasteiger partial charge in [-0.15, -0.1) is 34.5 Å². The van der Waals surface area contributed by atoms with E-state index in [9.17, 15) is 0 Å². The second-order valence-corrected chi connectivity index (χ2v) is 4.95. The van der Waals surface area contributed by atoms with Crippen molar-refractivity contribution in [3.05, 3.63) is 66.4 Å². The topological polar surface area (TPSA) is 12.9 Å². The largest absolute Gasteiger partial charge is 0.303 e. The van der Waals surface area contributed by atoms with Gasteiger partial charge in [0.15, 0.2) is 0 Å². The van der Waals surface area contributed by atoms with E-state index in [0.29, 0.717) is 0 Å². The monoisotopic (exact) mass is 435 g/mol. The van der Waals surface area contributed by atoms with Gasteiger partial charge in [-0.3, -0.25) is 0 Å². The fourth-order valence-corrected chi connectivity index (χ4v) is 2.69. The molecule has 0 spiro atoms. The Morgan fingerprint density at radius 1 is 0.950 bits per heavy atom. The Hall–Kier alpha value is -1.76. The molecule has 0 aliphatic heterocycles. The molecule has 3 aromatic carbocycles. The number of benzene rings is 3. The third-order valence-electron chi connectivity index (χ3n) is 3.62. The van der Waals surface area contributed by atoms with Crippen molar-refractivity contribution in [3.8, 4) is 0 Å². The Balaban J connectivity index is 0.00000121. The molecule has 99 valence electrons. The van der Waals surface area contributed by atoms with Crippen molar-refractivity contribution in [1.29, 1.82) is 0 Å². The molecule has 0 aliphatic rings. The van der Waals surface area contributed by atoms with Crippen molar-refractivity contribution in [1.82, 2.24) is 4.98 Å². The van der Waals surface area contributed by atoms with Gasteiger partial charge in [-0.05, 0) is 21.7 Å². The van der Waals surface area contributed by atoms with E-state index in [4.69, 9.17) is 0 Å². The molecule has 0 aliphatic carbocycles. The first kappa shape index (κ1) is 13.2. The van der Waals surface area contributed by atoms with Gasteiger partial charge in [-0.25, -0.2) is 0 Å². The van der Waals surface area contributed by atoms with Crippen LogP contribution in [0.3, 0.4) is 0 Å². The summed E-state index contributed by atoms with van der Waals surface area (Å²) in [5.41, 5.74) is 2.27. The van der Waals surface area contributed by atoms with Crippen LogP contribution < -0.4 is 0 Å². The van der Waals surface area contributed by atoms with Crippen LogP contribution in [0.5, 0.6) is 0 Å². The Labute approximate surface area is 131 Å². The smallest absolute Gasteiger partial charge is 0.0239 e. The Morgan fingerprint density at radius 3 is 2.70 bits per heavy atom. The zero-order valence-electron chi connectivity index (χ0n) is 11.0. The number of hydrogen-bond donors (Lipinski definition) is 0. The van der Waals surface area contributed by atoms with E-state index in [2.05, 4.69) is 54.4 Å². The summed E-state index contributed by atoms with van der Waals surface area (Å²) in [4.78, 5) is 4.64. The Kier molecular flexibility index (Phi) is 3.29. The number of pyridine rings is 1. The SMILES string of the molecule is Cc1c[c-]c2c(ccc3c4ccccc4cnc23)c1.[Ir]. The minimum Gasteiger partial charge on any atom is -0.303 e. The quantitative estimate of drug-likeness (QED) is 0.290. The van der Waals surface area contributed by atoms with Gasteiger partial charge in [0.05, 0.1) is 0 Å². The second-order valence-electron chi connectivity index (χ2n) is 4.95. The van der Waals surface area contributed by atoms with Crippen LogP contribution in [0.4, 0.5) is 0 Å². The third-order valence-corrected chi connectivity index (χ3v) is 3.62. The molecule has 4 rings (SSSR count). The fraction of sp³-hybridized carbons (Fsp3) is 0.0556. The molecule has 1 radical (unpaired) electrons. The van der Waals surface area contributed by atoms with Crippen molar-refractivity contribution in [2.45, 2.75) is 6.92 Å². The van der Waals surface area contributed by atoms with Crippen LogP contribution in [0.1, 0.15) is 5.56 Å². The number of hydrogen-bond acceptors (Lipinski definition) is 1. The van der Waals surface area contributed by atoms with Gasteiger partial charge in [-0.2, -0.15) is 0 Å². The fourth-order valence-electron chi connectivity index (χ4n) is 2.69. The van der Waals surface area contributed by atoms with Gasteiger partial charge < -0.3 is 4.98 Å². The first-order valence-corrected chi connectivity index (χ1v) is 6.41. The van der Waals surface area contributed by atoms with E-state index < -0.39 is 0 Å². The van der Waals surface area contributed by atoms with Crippen LogP contribution in [0.15, 0.2) is 54.7 Å². The molecule has 0 fully saturated rings. The zero-order valence-corrected chi connectivity index (χ0v) is 13.4. The van der Waals surface area contributed by atoms with Crippen LogP contribution in [-0.4, -0.2) is 4.98 Å². The van der Waals surface area contributed by atoms with Crippen molar-refractivity contribution >= 4 is 32.4 Å². The van der Waals surface area contributed by atoms with Gasteiger partial charge in [0, 0.05) is 26.3 Å². The molecule has 0 unspecified atom stereocenters. The summed E-state index contributed by atoms with van der Waals surface area (Å²) in [5, 5.41) is 5.94. The summed E-state index contributed by atoms with van der Waals surface area (Å²) in [6.07, 6.45) is 1.95. The molecular weight excluding hydrogens is 422 g/mol. The third kappa shape index (κ3) is 1.93. The maximum absolute atomic E-state index is 4.64. The number of aromatic nitrogens is 1.